The number of sulfonamides is 1. The Morgan fingerprint density at radius 2 is 1.87 bits per heavy atom. The molecule has 1 atom stereocenters. The van der Waals surface area contributed by atoms with Crippen molar-refractivity contribution in [2.24, 2.45) is 0 Å². The third kappa shape index (κ3) is 6.21. The highest BCUT2D eigenvalue weighted by Crippen LogP contribution is 2.23. The van der Waals surface area contributed by atoms with Gasteiger partial charge in [-0.3, -0.25) is 4.79 Å². The Bertz CT molecular complexity index is 961. The molecule has 0 spiro atoms. The first-order valence-corrected chi connectivity index (χ1v) is 12.5. The van der Waals surface area contributed by atoms with Crippen molar-refractivity contribution in [2.75, 3.05) is 26.3 Å². The van der Waals surface area contributed by atoms with E-state index in [4.69, 9.17) is 16.3 Å². The predicted octanol–water partition coefficient (Wildman–Crippen LogP) is 3.30. The van der Waals surface area contributed by atoms with Gasteiger partial charge in [0.15, 0.2) is 0 Å². The highest BCUT2D eigenvalue weighted by Gasteiger charge is 2.26. The van der Waals surface area contributed by atoms with Gasteiger partial charge in [0.1, 0.15) is 0 Å². The quantitative estimate of drug-likeness (QED) is 0.643. The molecule has 0 aromatic heterocycles. The third-order valence-electron chi connectivity index (χ3n) is 4.76. The third-order valence-corrected chi connectivity index (χ3v) is 8.12. The number of nitrogens with zero attached hydrogens (tertiary/aromatic N) is 1. The number of morpholine rings is 1. The van der Waals surface area contributed by atoms with E-state index in [-0.39, 0.29) is 16.1 Å². The number of carbonyl (C=O) groups excluding carboxylic acids is 1. The van der Waals surface area contributed by atoms with Gasteiger partial charge in [0.2, 0.25) is 15.9 Å². The molecule has 1 saturated heterocycles. The van der Waals surface area contributed by atoms with Gasteiger partial charge in [0.05, 0.1) is 23.4 Å². The number of rotatable bonds is 8. The summed E-state index contributed by atoms with van der Waals surface area (Å²) in [6.07, 6.45) is 0. The molecule has 1 aliphatic heterocycles. The maximum atomic E-state index is 12.8. The van der Waals surface area contributed by atoms with Crippen molar-refractivity contribution in [3.05, 3.63) is 64.7 Å². The number of ether oxygens (including phenoxy) is 1. The zero-order chi connectivity index (χ0) is 21.6. The Labute approximate surface area is 187 Å². The Kier molecular flexibility index (Phi) is 8.19. The molecule has 2 aromatic rings. The number of amides is 1. The molecular weight excluding hydrogens is 444 g/mol. The van der Waals surface area contributed by atoms with Gasteiger partial charge in [-0.1, -0.05) is 35.9 Å². The Hall–Kier alpha value is -1.58. The summed E-state index contributed by atoms with van der Waals surface area (Å²) < 4.78 is 32.3. The molecular formula is C21H25ClN2O4S2. The van der Waals surface area contributed by atoms with E-state index < -0.39 is 10.0 Å². The number of benzene rings is 2. The van der Waals surface area contributed by atoms with E-state index in [1.807, 2.05) is 25.1 Å². The van der Waals surface area contributed by atoms with Crippen molar-refractivity contribution < 1.29 is 17.9 Å². The van der Waals surface area contributed by atoms with Crippen molar-refractivity contribution in [1.29, 1.82) is 0 Å². The van der Waals surface area contributed by atoms with Crippen molar-refractivity contribution >= 4 is 39.3 Å². The number of halogens is 1. The summed E-state index contributed by atoms with van der Waals surface area (Å²) in [5, 5.41) is 3.31. The summed E-state index contributed by atoms with van der Waals surface area (Å²) in [5.41, 5.74) is 1.85. The fourth-order valence-corrected chi connectivity index (χ4v) is 5.43. The molecule has 1 N–H and O–H groups in total. The summed E-state index contributed by atoms with van der Waals surface area (Å²) in [6.45, 7) is 3.84. The summed E-state index contributed by atoms with van der Waals surface area (Å²) in [5.74, 6) is 0.481. The molecule has 6 nitrogen and oxygen atoms in total. The topological polar surface area (TPSA) is 75.7 Å². The summed E-state index contributed by atoms with van der Waals surface area (Å²) in [7, 11) is -3.53. The monoisotopic (exact) mass is 468 g/mol. The molecule has 0 bridgehead atoms. The molecule has 1 fully saturated rings. The minimum Gasteiger partial charge on any atom is -0.379 e. The zero-order valence-corrected chi connectivity index (χ0v) is 19.1. The van der Waals surface area contributed by atoms with Crippen LogP contribution in [0.5, 0.6) is 0 Å². The van der Waals surface area contributed by atoms with Gasteiger partial charge >= 0.3 is 0 Å². The van der Waals surface area contributed by atoms with E-state index in [0.717, 1.165) is 11.1 Å². The van der Waals surface area contributed by atoms with E-state index in [2.05, 4.69) is 5.32 Å². The molecule has 0 saturated carbocycles. The Morgan fingerprint density at radius 3 is 2.57 bits per heavy atom. The number of hydrogen-bond donors (Lipinski definition) is 1. The summed E-state index contributed by atoms with van der Waals surface area (Å²) in [6, 6.07) is 14.3. The predicted molar refractivity (Wildman–Crippen MR) is 120 cm³/mol. The van der Waals surface area contributed by atoms with Gasteiger partial charge in [-0.2, -0.15) is 4.31 Å². The van der Waals surface area contributed by atoms with Crippen molar-refractivity contribution in [3.8, 4) is 0 Å². The first kappa shape index (κ1) is 23.1. The van der Waals surface area contributed by atoms with Crippen LogP contribution in [0.4, 0.5) is 0 Å². The Morgan fingerprint density at radius 1 is 1.17 bits per heavy atom. The smallest absolute Gasteiger partial charge is 0.243 e. The van der Waals surface area contributed by atoms with Crippen molar-refractivity contribution in [1.82, 2.24) is 9.62 Å². The van der Waals surface area contributed by atoms with Crippen LogP contribution >= 0.6 is 23.4 Å². The van der Waals surface area contributed by atoms with E-state index in [9.17, 15) is 13.2 Å². The van der Waals surface area contributed by atoms with E-state index in [1.54, 1.807) is 30.3 Å². The second kappa shape index (κ2) is 10.6. The lowest BCUT2D eigenvalue weighted by Gasteiger charge is -2.26. The molecule has 1 amide bonds. The van der Waals surface area contributed by atoms with E-state index in [0.29, 0.717) is 43.6 Å². The molecule has 9 heteroatoms. The van der Waals surface area contributed by atoms with Crippen LogP contribution in [0.2, 0.25) is 5.02 Å². The maximum absolute atomic E-state index is 12.8. The standard InChI is InChI=1S/C21H25ClN2O4S2/c1-16(21(25)23-14-17-5-7-19(22)8-6-17)29-15-18-3-2-4-20(13-18)30(26,27)24-9-11-28-12-10-24/h2-8,13,16H,9-12,14-15H2,1H3,(H,23,25)/t16-/m0/s1. The number of nitrogens with one attached hydrogen (secondary N) is 1. The van der Waals surface area contributed by atoms with Gasteiger partial charge in [0.25, 0.3) is 0 Å². The van der Waals surface area contributed by atoms with Crippen LogP contribution < -0.4 is 5.32 Å². The van der Waals surface area contributed by atoms with Gasteiger partial charge < -0.3 is 10.1 Å². The minimum atomic E-state index is -3.53. The molecule has 1 heterocycles. The van der Waals surface area contributed by atoms with Gasteiger partial charge in [-0.15, -0.1) is 11.8 Å². The molecule has 162 valence electrons. The number of thioether (sulfide) groups is 1. The lowest BCUT2D eigenvalue weighted by atomic mass is 10.2. The first-order valence-electron chi connectivity index (χ1n) is 9.67. The summed E-state index contributed by atoms with van der Waals surface area (Å²) in [4.78, 5) is 12.6. The second-order valence-electron chi connectivity index (χ2n) is 6.96. The van der Waals surface area contributed by atoms with Crippen molar-refractivity contribution in [2.45, 2.75) is 29.4 Å². The SMILES string of the molecule is C[C@H](SCc1cccc(S(=O)(=O)N2CCOCC2)c1)C(=O)NCc1ccc(Cl)cc1. The van der Waals surface area contributed by atoms with Crippen LogP contribution in [-0.4, -0.2) is 50.2 Å². The highest BCUT2D eigenvalue weighted by molar-refractivity contribution is 7.99. The largest absolute Gasteiger partial charge is 0.379 e. The fourth-order valence-electron chi connectivity index (χ4n) is 2.96. The summed E-state index contributed by atoms with van der Waals surface area (Å²) >= 11 is 7.34. The molecule has 0 unspecified atom stereocenters. The molecule has 3 rings (SSSR count). The minimum absolute atomic E-state index is 0.0629. The average Bonchev–Trinajstić information content (AvgIpc) is 2.77. The molecule has 2 aromatic carbocycles. The normalized spacial score (nSPS) is 16.2. The van der Waals surface area contributed by atoms with Crippen LogP contribution in [0, 0.1) is 0 Å². The molecule has 30 heavy (non-hydrogen) atoms. The number of hydrogen-bond acceptors (Lipinski definition) is 5. The van der Waals surface area contributed by atoms with E-state index in [1.165, 1.54) is 16.1 Å². The molecule has 0 radical (unpaired) electrons. The maximum Gasteiger partial charge on any atom is 0.243 e. The lowest BCUT2D eigenvalue weighted by molar-refractivity contribution is -0.120. The lowest BCUT2D eigenvalue weighted by Crippen LogP contribution is -2.40. The van der Waals surface area contributed by atoms with Crippen molar-refractivity contribution in [3.63, 3.8) is 0 Å². The van der Waals surface area contributed by atoms with Crippen LogP contribution in [0.25, 0.3) is 0 Å². The zero-order valence-electron chi connectivity index (χ0n) is 16.7. The average molecular weight is 469 g/mol. The van der Waals surface area contributed by atoms with Crippen LogP contribution in [-0.2, 0) is 31.9 Å². The first-order chi connectivity index (χ1) is 14.4. The van der Waals surface area contributed by atoms with Crippen LogP contribution in [0.3, 0.4) is 0 Å². The van der Waals surface area contributed by atoms with Gasteiger partial charge in [0, 0.05) is 30.4 Å². The number of carbonyl (C=O) groups is 1. The fraction of sp³-hybridized carbons (Fsp3) is 0.381. The van der Waals surface area contributed by atoms with Gasteiger partial charge in [-0.05, 0) is 42.3 Å². The molecule has 1 aliphatic rings. The van der Waals surface area contributed by atoms with E-state index >= 15 is 0 Å². The van der Waals surface area contributed by atoms with Crippen LogP contribution in [0.1, 0.15) is 18.1 Å². The van der Waals surface area contributed by atoms with Gasteiger partial charge in [-0.25, -0.2) is 8.42 Å². The highest BCUT2D eigenvalue weighted by atomic mass is 35.5. The van der Waals surface area contributed by atoms with Crippen LogP contribution in [0.15, 0.2) is 53.4 Å². The second-order valence-corrected chi connectivity index (χ2v) is 10.7. The molecule has 0 aliphatic carbocycles. The Balaban J connectivity index is 1.54.